The van der Waals surface area contributed by atoms with Crippen LogP contribution in [0.2, 0.25) is 0 Å². The number of ether oxygens (including phenoxy) is 2. The lowest BCUT2D eigenvalue weighted by Gasteiger charge is -2.35. The highest BCUT2D eigenvalue weighted by molar-refractivity contribution is 8.01. The number of benzene rings is 2. The number of carbonyl (C=O) groups excluding carboxylic acids is 2. The number of nitrogens with zero attached hydrogens (tertiary/aromatic N) is 3. The summed E-state index contributed by atoms with van der Waals surface area (Å²) in [6.45, 7) is 6.26. The molecule has 5 rings (SSSR count). The van der Waals surface area contributed by atoms with E-state index in [1.165, 1.54) is 24.2 Å². The van der Waals surface area contributed by atoms with E-state index in [2.05, 4.69) is 17.2 Å². The summed E-state index contributed by atoms with van der Waals surface area (Å²) in [4.78, 5) is 30.0. The third-order valence-corrected chi connectivity index (χ3v) is 9.91. The normalized spacial score (nSPS) is 19.1. The van der Waals surface area contributed by atoms with E-state index in [-0.39, 0.29) is 17.3 Å². The monoisotopic (exact) mass is 592 g/mol. The summed E-state index contributed by atoms with van der Waals surface area (Å²) in [6.07, 6.45) is 6.48. The van der Waals surface area contributed by atoms with Crippen LogP contribution in [0.3, 0.4) is 0 Å². The van der Waals surface area contributed by atoms with E-state index in [0.29, 0.717) is 22.9 Å². The van der Waals surface area contributed by atoms with Gasteiger partial charge in [-0.2, -0.15) is 5.10 Å². The van der Waals surface area contributed by atoms with Crippen LogP contribution in [-0.2, 0) is 11.3 Å². The number of anilines is 1. The topological polar surface area (TPSA) is 93.1 Å². The fourth-order valence-corrected chi connectivity index (χ4v) is 7.28. The molecule has 2 atom stereocenters. The Kier molecular flexibility index (Phi) is 9.29. The van der Waals surface area contributed by atoms with Crippen molar-refractivity contribution in [1.29, 1.82) is 0 Å². The quantitative estimate of drug-likeness (QED) is 0.265. The van der Waals surface area contributed by atoms with E-state index in [0.717, 1.165) is 58.8 Å². The average Bonchev–Trinajstić information content (AvgIpc) is 3.61. The zero-order chi connectivity index (χ0) is 28.9. The first-order valence-corrected chi connectivity index (χ1v) is 15.8. The Balaban J connectivity index is 1.39. The van der Waals surface area contributed by atoms with Gasteiger partial charge in [0.05, 0.1) is 41.4 Å². The number of aryl methyl sites for hydroxylation is 2. The van der Waals surface area contributed by atoms with Crippen molar-refractivity contribution in [3.8, 4) is 11.5 Å². The molecule has 1 fully saturated rings. The summed E-state index contributed by atoms with van der Waals surface area (Å²) >= 11 is 2.99. The number of thiazole rings is 1. The Morgan fingerprint density at radius 1 is 1.15 bits per heavy atom. The van der Waals surface area contributed by atoms with Crippen molar-refractivity contribution in [3.63, 3.8) is 0 Å². The maximum atomic E-state index is 12.9. The van der Waals surface area contributed by atoms with E-state index in [4.69, 9.17) is 14.6 Å². The highest BCUT2D eigenvalue weighted by Gasteiger charge is 2.32. The second-order valence-corrected chi connectivity index (χ2v) is 12.9. The molecule has 2 heterocycles. The largest absolute Gasteiger partial charge is 0.493 e. The predicted octanol–water partition coefficient (Wildman–Crippen LogP) is 6.60. The van der Waals surface area contributed by atoms with Gasteiger partial charge < -0.3 is 19.6 Å². The van der Waals surface area contributed by atoms with Gasteiger partial charge >= 0.3 is 0 Å². The van der Waals surface area contributed by atoms with Gasteiger partial charge in [0, 0.05) is 11.3 Å². The van der Waals surface area contributed by atoms with Crippen molar-refractivity contribution < 1.29 is 19.1 Å². The number of hydrogen-bond donors (Lipinski definition) is 1. The summed E-state index contributed by atoms with van der Waals surface area (Å²) in [6, 6.07) is 13.6. The standard InChI is InChI=1S/C31H36N4O4S2/c1-5-27-29(22-13-14-25(38-4)26(16-22)39-24-11-6-7-12-24)34-35(28(18-36)41-27)17-21-9-8-10-23(15-21)33-31(37)30-19(2)32-20(3)40-30/h8-10,13-16,18,24,27-28H,5-7,11-12,17H2,1-4H3,(H,33,37). The third kappa shape index (κ3) is 6.76. The molecule has 0 saturated heterocycles. The first kappa shape index (κ1) is 29.1. The van der Waals surface area contributed by atoms with Gasteiger partial charge in [0.2, 0.25) is 0 Å². The smallest absolute Gasteiger partial charge is 0.267 e. The molecule has 3 aromatic rings. The van der Waals surface area contributed by atoms with Crippen LogP contribution in [0.1, 0.15) is 70.5 Å². The molecule has 0 bridgehead atoms. The van der Waals surface area contributed by atoms with Crippen LogP contribution in [0.15, 0.2) is 47.6 Å². The number of rotatable bonds is 10. The Labute approximate surface area is 249 Å². The minimum absolute atomic E-state index is 0.0610. The molecule has 0 radical (unpaired) electrons. The molecule has 1 aromatic heterocycles. The van der Waals surface area contributed by atoms with E-state index in [1.807, 2.05) is 61.3 Å². The van der Waals surface area contributed by atoms with Gasteiger partial charge in [-0.05, 0) is 81.8 Å². The van der Waals surface area contributed by atoms with E-state index in [9.17, 15) is 9.59 Å². The fraction of sp³-hybridized carbons (Fsp3) is 0.419. The van der Waals surface area contributed by atoms with Crippen molar-refractivity contribution in [2.24, 2.45) is 5.10 Å². The highest BCUT2D eigenvalue weighted by atomic mass is 32.2. The molecule has 2 aliphatic rings. The third-order valence-electron chi connectivity index (χ3n) is 7.32. The number of carbonyl (C=O) groups is 2. The molecule has 8 nitrogen and oxygen atoms in total. The van der Waals surface area contributed by atoms with Crippen molar-refractivity contribution in [1.82, 2.24) is 9.99 Å². The molecular formula is C31H36N4O4S2. The molecule has 10 heteroatoms. The lowest BCUT2D eigenvalue weighted by Crippen LogP contribution is -2.39. The van der Waals surface area contributed by atoms with E-state index < -0.39 is 5.37 Å². The lowest BCUT2D eigenvalue weighted by atomic mass is 10.0. The van der Waals surface area contributed by atoms with Crippen LogP contribution in [0, 0.1) is 13.8 Å². The number of amides is 1. The Bertz CT molecular complexity index is 1430. The minimum atomic E-state index is -0.419. The number of hydrogen-bond acceptors (Lipinski definition) is 9. The van der Waals surface area contributed by atoms with Gasteiger partial charge in [0.15, 0.2) is 17.8 Å². The maximum Gasteiger partial charge on any atom is 0.267 e. The number of methoxy groups -OCH3 is 1. The lowest BCUT2D eigenvalue weighted by molar-refractivity contribution is -0.110. The Morgan fingerprint density at radius 2 is 1.95 bits per heavy atom. The number of aromatic nitrogens is 1. The number of aldehydes is 1. The van der Waals surface area contributed by atoms with E-state index >= 15 is 0 Å². The van der Waals surface area contributed by atoms with Crippen molar-refractivity contribution >= 4 is 46.7 Å². The molecule has 0 spiro atoms. The minimum Gasteiger partial charge on any atom is -0.493 e. The molecular weight excluding hydrogens is 556 g/mol. The molecule has 41 heavy (non-hydrogen) atoms. The number of nitrogens with one attached hydrogen (secondary N) is 1. The van der Waals surface area contributed by atoms with Crippen LogP contribution >= 0.6 is 23.1 Å². The summed E-state index contributed by atoms with van der Waals surface area (Å²) in [5.41, 5.74) is 4.22. The molecule has 1 amide bonds. The summed E-state index contributed by atoms with van der Waals surface area (Å²) < 4.78 is 12.0. The molecule has 1 aliphatic heterocycles. The van der Waals surface area contributed by atoms with Gasteiger partial charge in [-0.3, -0.25) is 9.80 Å². The second-order valence-electron chi connectivity index (χ2n) is 10.3. The van der Waals surface area contributed by atoms with Gasteiger partial charge in [-0.15, -0.1) is 23.1 Å². The highest BCUT2D eigenvalue weighted by Crippen LogP contribution is 2.37. The average molecular weight is 593 g/mol. The van der Waals surface area contributed by atoms with Crippen molar-refractivity contribution in [2.75, 3.05) is 12.4 Å². The van der Waals surface area contributed by atoms with Gasteiger partial charge in [-0.1, -0.05) is 19.1 Å². The van der Waals surface area contributed by atoms with Crippen molar-refractivity contribution in [3.05, 3.63) is 69.2 Å². The van der Waals surface area contributed by atoms with Crippen LogP contribution in [0.25, 0.3) is 0 Å². The first-order valence-electron chi connectivity index (χ1n) is 14.0. The molecule has 2 unspecified atom stereocenters. The molecule has 1 aliphatic carbocycles. The van der Waals surface area contributed by atoms with Crippen LogP contribution < -0.4 is 14.8 Å². The SMILES string of the molecule is CCC1SC(C=O)N(Cc2cccc(NC(=O)c3sc(C)nc3C)c2)N=C1c1ccc(OC)c(OC2CCCC2)c1. The summed E-state index contributed by atoms with van der Waals surface area (Å²) in [5.74, 6) is 1.27. The van der Waals surface area contributed by atoms with Crippen LogP contribution in [0.4, 0.5) is 5.69 Å². The second kappa shape index (κ2) is 13.1. The van der Waals surface area contributed by atoms with Gasteiger partial charge in [0.25, 0.3) is 5.91 Å². The number of hydrazone groups is 1. The maximum absolute atomic E-state index is 12.9. The fourth-order valence-electron chi connectivity index (χ4n) is 5.30. The summed E-state index contributed by atoms with van der Waals surface area (Å²) in [7, 11) is 1.66. The predicted molar refractivity (Wildman–Crippen MR) is 165 cm³/mol. The van der Waals surface area contributed by atoms with Crippen LogP contribution in [0.5, 0.6) is 11.5 Å². The van der Waals surface area contributed by atoms with E-state index in [1.54, 1.807) is 18.9 Å². The molecule has 1 N–H and O–H groups in total. The molecule has 216 valence electrons. The van der Waals surface area contributed by atoms with Crippen LogP contribution in [-0.4, -0.2) is 51.7 Å². The van der Waals surface area contributed by atoms with Crippen molar-refractivity contribution in [2.45, 2.75) is 76.1 Å². The summed E-state index contributed by atoms with van der Waals surface area (Å²) in [5, 5.41) is 10.4. The molecule has 1 saturated carbocycles. The Hall–Kier alpha value is -3.37. The Morgan fingerprint density at radius 3 is 2.63 bits per heavy atom. The zero-order valence-electron chi connectivity index (χ0n) is 23.9. The molecule has 2 aromatic carbocycles. The number of thioether (sulfide) groups is 1. The van der Waals surface area contributed by atoms with Gasteiger partial charge in [0.1, 0.15) is 10.3 Å². The zero-order valence-corrected chi connectivity index (χ0v) is 25.5. The first-order chi connectivity index (χ1) is 19.9. The van der Waals surface area contributed by atoms with Gasteiger partial charge in [-0.25, -0.2) is 4.98 Å².